The van der Waals surface area contributed by atoms with E-state index in [0.29, 0.717) is 24.4 Å². The molecule has 184 valence electrons. The maximum atomic E-state index is 13.5. The number of aliphatic hydroxyl groups is 1. The average molecular weight is 470 g/mol. The number of carbonyl (C=O) groups is 1. The van der Waals surface area contributed by atoms with Crippen molar-refractivity contribution in [2.45, 2.75) is 32.5 Å². The van der Waals surface area contributed by atoms with Crippen LogP contribution < -0.4 is 19.1 Å². The van der Waals surface area contributed by atoms with Crippen LogP contribution >= 0.6 is 0 Å². The number of hydrogen-bond donors (Lipinski definition) is 1. The standard InChI is InChI=1S/C26H35N3O5/c1-17-12-29(18(2)15-30)26(31)20-7-6-8-21(27(3)4)25(20)34-24(17)14-28(5)13-19-9-10-22-23(11-19)33-16-32-22/h6-11,17-18,24,30H,12-16H2,1-5H3/t17-,18+,24+/m1/s1. The number of aliphatic hydroxyl groups excluding tert-OH is 1. The number of benzene rings is 2. The molecule has 0 saturated heterocycles. The molecule has 8 nitrogen and oxygen atoms in total. The van der Waals surface area contributed by atoms with E-state index in [1.54, 1.807) is 4.90 Å². The molecule has 2 aliphatic heterocycles. The molecule has 2 aromatic carbocycles. The summed E-state index contributed by atoms with van der Waals surface area (Å²) >= 11 is 0. The largest absolute Gasteiger partial charge is 0.486 e. The quantitative estimate of drug-likeness (QED) is 0.668. The molecule has 0 saturated carbocycles. The van der Waals surface area contributed by atoms with Crippen LogP contribution in [-0.4, -0.2) is 80.6 Å². The van der Waals surface area contributed by atoms with Gasteiger partial charge in [0.1, 0.15) is 6.10 Å². The van der Waals surface area contributed by atoms with Gasteiger partial charge >= 0.3 is 0 Å². The molecule has 2 aliphatic rings. The Bertz CT molecular complexity index is 1030. The van der Waals surface area contributed by atoms with Gasteiger partial charge in [-0.25, -0.2) is 0 Å². The number of fused-ring (bicyclic) bond motifs is 2. The third-order valence-corrected chi connectivity index (χ3v) is 6.53. The maximum absolute atomic E-state index is 13.5. The Hall–Kier alpha value is -2.97. The SMILES string of the molecule is C[C@@H]1CN([C@@H](C)CO)C(=O)c2cccc(N(C)C)c2O[C@H]1CN(C)Cc1ccc2c(c1)OCO2. The molecule has 0 bridgehead atoms. The highest BCUT2D eigenvalue weighted by atomic mass is 16.7. The first-order chi connectivity index (χ1) is 16.3. The summed E-state index contributed by atoms with van der Waals surface area (Å²) in [5.74, 6) is 2.09. The van der Waals surface area contributed by atoms with Crippen molar-refractivity contribution in [1.82, 2.24) is 9.80 Å². The highest BCUT2D eigenvalue weighted by molar-refractivity contribution is 5.99. The van der Waals surface area contributed by atoms with Crippen molar-refractivity contribution in [1.29, 1.82) is 0 Å². The highest BCUT2D eigenvalue weighted by Gasteiger charge is 2.34. The number of rotatable bonds is 7. The number of anilines is 1. The van der Waals surface area contributed by atoms with Crippen molar-refractivity contribution in [2.24, 2.45) is 5.92 Å². The molecule has 0 spiro atoms. The molecule has 4 rings (SSSR count). The minimum atomic E-state index is -0.282. The zero-order valence-corrected chi connectivity index (χ0v) is 20.7. The van der Waals surface area contributed by atoms with Crippen molar-refractivity contribution in [3.63, 3.8) is 0 Å². The summed E-state index contributed by atoms with van der Waals surface area (Å²) in [6.45, 7) is 6.06. The number of nitrogens with zero attached hydrogens (tertiary/aromatic N) is 3. The van der Waals surface area contributed by atoms with Crippen molar-refractivity contribution < 1.29 is 24.1 Å². The van der Waals surface area contributed by atoms with Gasteiger partial charge in [-0.15, -0.1) is 0 Å². The van der Waals surface area contributed by atoms with E-state index in [0.717, 1.165) is 29.3 Å². The number of hydrogen-bond acceptors (Lipinski definition) is 7. The number of likely N-dealkylation sites (N-methyl/N-ethyl adjacent to an activating group) is 1. The number of para-hydroxylation sites is 1. The second-order valence-electron chi connectivity index (χ2n) is 9.56. The lowest BCUT2D eigenvalue weighted by Gasteiger charge is -2.39. The third-order valence-electron chi connectivity index (χ3n) is 6.53. The van der Waals surface area contributed by atoms with Gasteiger partial charge in [-0.3, -0.25) is 9.69 Å². The molecule has 8 heteroatoms. The molecule has 2 heterocycles. The summed E-state index contributed by atoms with van der Waals surface area (Å²) in [6, 6.07) is 11.4. The summed E-state index contributed by atoms with van der Waals surface area (Å²) < 4.78 is 17.6. The normalized spacial score (nSPS) is 20.4. The van der Waals surface area contributed by atoms with Gasteiger partial charge in [0.15, 0.2) is 17.2 Å². The molecule has 2 aromatic rings. The van der Waals surface area contributed by atoms with Gasteiger partial charge in [0.05, 0.1) is 23.9 Å². The van der Waals surface area contributed by atoms with E-state index in [9.17, 15) is 9.90 Å². The zero-order chi connectivity index (χ0) is 24.4. The van der Waals surface area contributed by atoms with Crippen molar-refractivity contribution in [2.75, 3.05) is 52.5 Å². The molecule has 0 unspecified atom stereocenters. The molecule has 0 radical (unpaired) electrons. The van der Waals surface area contributed by atoms with E-state index in [1.165, 1.54) is 0 Å². The monoisotopic (exact) mass is 469 g/mol. The lowest BCUT2D eigenvalue weighted by molar-refractivity contribution is 0.0343. The Morgan fingerprint density at radius 3 is 2.65 bits per heavy atom. The smallest absolute Gasteiger partial charge is 0.258 e. The Morgan fingerprint density at radius 2 is 1.91 bits per heavy atom. The molecule has 3 atom stereocenters. The number of ether oxygens (including phenoxy) is 3. The van der Waals surface area contributed by atoms with Crippen LogP contribution in [-0.2, 0) is 6.54 Å². The van der Waals surface area contributed by atoms with E-state index in [1.807, 2.05) is 56.3 Å². The highest BCUT2D eigenvalue weighted by Crippen LogP contribution is 2.36. The van der Waals surface area contributed by atoms with E-state index in [-0.39, 0.29) is 37.4 Å². The van der Waals surface area contributed by atoms with Crippen LogP contribution in [0.25, 0.3) is 0 Å². The topological polar surface area (TPSA) is 74.7 Å². The van der Waals surface area contributed by atoms with Gasteiger partial charge in [-0.1, -0.05) is 19.1 Å². The zero-order valence-electron chi connectivity index (χ0n) is 20.7. The van der Waals surface area contributed by atoms with Gasteiger partial charge in [0.2, 0.25) is 6.79 Å². The lowest BCUT2D eigenvalue weighted by Crippen LogP contribution is -2.49. The van der Waals surface area contributed by atoms with E-state index in [4.69, 9.17) is 14.2 Å². The summed E-state index contributed by atoms with van der Waals surface area (Å²) in [6.07, 6.45) is -0.152. The predicted molar refractivity (Wildman–Crippen MR) is 131 cm³/mol. The van der Waals surface area contributed by atoms with Crippen molar-refractivity contribution >= 4 is 11.6 Å². The van der Waals surface area contributed by atoms with Crippen LogP contribution in [0.5, 0.6) is 17.2 Å². The van der Waals surface area contributed by atoms with E-state index >= 15 is 0 Å². The van der Waals surface area contributed by atoms with Crippen LogP contribution in [0, 0.1) is 5.92 Å². The second kappa shape index (κ2) is 10.1. The van der Waals surface area contributed by atoms with Crippen molar-refractivity contribution in [3.8, 4) is 17.2 Å². The predicted octanol–water partition coefficient (Wildman–Crippen LogP) is 2.83. The third kappa shape index (κ3) is 4.93. The minimum absolute atomic E-state index is 0.0560. The first-order valence-corrected chi connectivity index (χ1v) is 11.7. The number of amides is 1. The number of carbonyl (C=O) groups excluding carboxylic acids is 1. The molecular weight excluding hydrogens is 434 g/mol. The Morgan fingerprint density at radius 1 is 1.15 bits per heavy atom. The molecule has 1 N–H and O–H groups in total. The molecule has 0 aromatic heterocycles. The van der Waals surface area contributed by atoms with Crippen LogP contribution in [0.15, 0.2) is 36.4 Å². The van der Waals surface area contributed by atoms with Crippen molar-refractivity contribution in [3.05, 3.63) is 47.5 Å². The summed E-state index contributed by atoms with van der Waals surface area (Å²) in [5, 5.41) is 9.83. The van der Waals surface area contributed by atoms with Gasteiger partial charge in [0, 0.05) is 39.6 Å². The Kier molecular flexibility index (Phi) is 7.19. The van der Waals surface area contributed by atoms with Gasteiger partial charge in [-0.05, 0) is 43.8 Å². The van der Waals surface area contributed by atoms with Gasteiger partial charge < -0.3 is 29.1 Å². The second-order valence-corrected chi connectivity index (χ2v) is 9.56. The molecular formula is C26H35N3O5. The first-order valence-electron chi connectivity index (χ1n) is 11.7. The fourth-order valence-corrected chi connectivity index (χ4v) is 4.52. The maximum Gasteiger partial charge on any atom is 0.258 e. The minimum Gasteiger partial charge on any atom is -0.486 e. The average Bonchev–Trinajstić information content (AvgIpc) is 3.28. The lowest BCUT2D eigenvalue weighted by atomic mass is 9.98. The van der Waals surface area contributed by atoms with Crippen LogP contribution in [0.2, 0.25) is 0 Å². The molecule has 0 fully saturated rings. The Balaban J connectivity index is 1.60. The molecule has 34 heavy (non-hydrogen) atoms. The van der Waals surface area contributed by atoms with Gasteiger partial charge in [0.25, 0.3) is 5.91 Å². The summed E-state index contributed by atoms with van der Waals surface area (Å²) in [4.78, 5) is 19.4. The fourth-order valence-electron chi connectivity index (χ4n) is 4.52. The fraction of sp³-hybridized carbons (Fsp3) is 0.500. The van der Waals surface area contributed by atoms with Crippen LogP contribution in [0.4, 0.5) is 5.69 Å². The molecule has 0 aliphatic carbocycles. The molecule has 1 amide bonds. The first kappa shape index (κ1) is 24.2. The van der Waals surface area contributed by atoms with Crippen LogP contribution in [0.1, 0.15) is 29.8 Å². The summed E-state index contributed by atoms with van der Waals surface area (Å²) in [5.41, 5.74) is 2.52. The Labute approximate surface area is 201 Å². The van der Waals surface area contributed by atoms with Gasteiger partial charge in [-0.2, -0.15) is 0 Å². The van der Waals surface area contributed by atoms with E-state index < -0.39 is 0 Å². The summed E-state index contributed by atoms with van der Waals surface area (Å²) in [7, 11) is 5.96. The van der Waals surface area contributed by atoms with Crippen LogP contribution in [0.3, 0.4) is 0 Å². The van der Waals surface area contributed by atoms with E-state index in [2.05, 4.69) is 24.9 Å².